The van der Waals surface area contributed by atoms with Crippen LogP contribution in [0.1, 0.15) is 11.1 Å². The predicted molar refractivity (Wildman–Crippen MR) is 172 cm³/mol. The number of sulfonamides is 1. The predicted octanol–water partition coefficient (Wildman–Crippen LogP) is 5.69. The molecular formula is C32H31BrClN3O5S. The van der Waals surface area contributed by atoms with Gasteiger partial charge in [-0.15, -0.1) is 0 Å². The molecular weight excluding hydrogens is 654 g/mol. The molecule has 0 aliphatic heterocycles. The van der Waals surface area contributed by atoms with Crippen LogP contribution in [0.15, 0.2) is 112 Å². The Hall–Kier alpha value is -3.86. The second kappa shape index (κ2) is 14.5. The number of rotatable bonds is 12. The van der Waals surface area contributed by atoms with Crippen molar-refractivity contribution in [2.75, 3.05) is 25.0 Å². The van der Waals surface area contributed by atoms with Gasteiger partial charge < -0.3 is 15.0 Å². The van der Waals surface area contributed by atoms with Gasteiger partial charge in [-0.1, -0.05) is 88.2 Å². The molecule has 0 radical (unpaired) electrons. The lowest BCUT2D eigenvalue weighted by atomic mass is 10.0. The van der Waals surface area contributed by atoms with Crippen molar-refractivity contribution in [2.45, 2.75) is 23.9 Å². The number of carbonyl (C=O) groups excluding carboxylic acids is 2. The molecule has 224 valence electrons. The van der Waals surface area contributed by atoms with Crippen molar-refractivity contribution < 1.29 is 22.7 Å². The van der Waals surface area contributed by atoms with E-state index >= 15 is 0 Å². The third-order valence-electron chi connectivity index (χ3n) is 6.79. The number of hydrogen-bond acceptors (Lipinski definition) is 5. The minimum absolute atomic E-state index is 0.000386. The van der Waals surface area contributed by atoms with E-state index in [1.165, 1.54) is 49.4 Å². The van der Waals surface area contributed by atoms with E-state index in [0.717, 1.165) is 19.9 Å². The molecule has 4 aromatic rings. The van der Waals surface area contributed by atoms with Crippen molar-refractivity contribution in [3.63, 3.8) is 0 Å². The van der Waals surface area contributed by atoms with Gasteiger partial charge >= 0.3 is 0 Å². The number of methoxy groups -OCH3 is 1. The number of carbonyl (C=O) groups is 2. The van der Waals surface area contributed by atoms with Crippen LogP contribution >= 0.6 is 27.5 Å². The SMILES string of the molecule is CNC(=O)[C@@H](Cc1ccccc1)N(Cc1cccc(Br)c1)C(=O)CN(c1ccc(OC)c(Cl)c1)S(=O)(=O)c1ccccc1. The second-order valence-electron chi connectivity index (χ2n) is 9.61. The average molecular weight is 685 g/mol. The monoisotopic (exact) mass is 683 g/mol. The lowest BCUT2D eigenvalue weighted by Crippen LogP contribution is -2.53. The number of nitrogens with zero attached hydrogens (tertiary/aromatic N) is 2. The van der Waals surface area contributed by atoms with Crippen LogP contribution in [0, 0.1) is 0 Å². The summed E-state index contributed by atoms with van der Waals surface area (Å²) < 4.78 is 35.1. The number of likely N-dealkylation sites (N-methyl/N-ethyl adjacent to an activating group) is 1. The Morgan fingerprint density at radius 1 is 0.907 bits per heavy atom. The molecule has 0 unspecified atom stereocenters. The van der Waals surface area contributed by atoms with E-state index in [9.17, 15) is 18.0 Å². The standard InChI is InChI=1S/C32H31BrClN3O5S/c1-35-32(39)29(19-23-10-5-3-6-11-23)36(21-24-12-9-13-25(33)18-24)31(38)22-37(26-16-17-30(42-2)28(34)20-26)43(40,41)27-14-7-4-8-15-27/h3-18,20,29H,19,21-22H2,1-2H3,(H,35,39)/t29-/m1/s1. The van der Waals surface area contributed by atoms with Crippen molar-refractivity contribution in [3.8, 4) is 5.75 Å². The quantitative estimate of drug-likeness (QED) is 0.207. The van der Waals surface area contributed by atoms with Crippen LogP contribution in [-0.4, -0.2) is 51.9 Å². The molecule has 2 amide bonds. The van der Waals surface area contributed by atoms with Gasteiger partial charge in [0.1, 0.15) is 18.3 Å². The van der Waals surface area contributed by atoms with E-state index in [1.54, 1.807) is 18.2 Å². The van der Waals surface area contributed by atoms with E-state index in [2.05, 4.69) is 21.2 Å². The zero-order valence-corrected chi connectivity index (χ0v) is 26.8. The molecule has 0 aliphatic carbocycles. The molecule has 8 nitrogen and oxygen atoms in total. The first-order valence-electron chi connectivity index (χ1n) is 13.3. The van der Waals surface area contributed by atoms with Crippen molar-refractivity contribution >= 4 is 55.1 Å². The summed E-state index contributed by atoms with van der Waals surface area (Å²) in [6, 6.07) is 28.1. The van der Waals surface area contributed by atoms with Gasteiger partial charge in [0.25, 0.3) is 10.0 Å². The Morgan fingerprint density at radius 3 is 2.16 bits per heavy atom. The highest BCUT2D eigenvalue weighted by atomic mass is 79.9. The third-order valence-corrected chi connectivity index (χ3v) is 9.37. The lowest BCUT2D eigenvalue weighted by Gasteiger charge is -2.33. The van der Waals surface area contributed by atoms with Gasteiger partial charge in [0, 0.05) is 24.5 Å². The van der Waals surface area contributed by atoms with Gasteiger partial charge in [-0.25, -0.2) is 8.42 Å². The molecule has 0 saturated heterocycles. The summed E-state index contributed by atoms with van der Waals surface area (Å²) in [5.41, 5.74) is 1.78. The summed E-state index contributed by atoms with van der Waals surface area (Å²) in [7, 11) is -1.27. The van der Waals surface area contributed by atoms with E-state index in [-0.39, 0.29) is 34.5 Å². The molecule has 1 N–H and O–H groups in total. The molecule has 0 aromatic heterocycles. The topological polar surface area (TPSA) is 96.0 Å². The maximum Gasteiger partial charge on any atom is 0.264 e. The first-order chi connectivity index (χ1) is 20.6. The normalized spacial score (nSPS) is 11.8. The van der Waals surface area contributed by atoms with Gasteiger partial charge in [0.15, 0.2) is 0 Å². The number of amides is 2. The van der Waals surface area contributed by atoms with Crippen molar-refractivity contribution in [3.05, 3.63) is 124 Å². The van der Waals surface area contributed by atoms with Crippen molar-refractivity contribution in [1.29, 1.82) is 0 Å². The zero-order chi connectivity index (χ0) is 31.0. The molecule has 1 atom stereocenters. The minimum Gasteiger partial charge on any atom is -0.495 e. The molecule has 0 fully saturated rings. The first kappa shape index (κ1) is 32.1. The highest BCUT2D eigenvalue weighted by molar-refractivity contribution is 9.10. The number of anilines is 1. The molecule has 4 rings (SSSR count). The zero-order valence-electron chi connectivity index (χ0n) is 23.6. The van der Waals surface area contributed by atoms with E-state index in [1.807, 2.05) is 54.6 Å². The molecule has 0 saturated carbocycles. The summed E-state index contributed by atoms with van der Waals surface area (Å²) in [5, 5.41) is 2.85. The molecule has 0 heterocycles. The van der Waals surface area contributed by atoms with Crippen LogP contribution < -0.4 is 14.4 Å². The molecule has 4 aromatic carbocycles. The van der Waals surface area contributed by atoms with E-state index in [0.29, 0.717) is 5.75 Å². The second-order valence-corrected chi connectivity index (χ2v) is 12.8. The number of ether oxygens (including phenoxy) is 1. The van der Waals surface area contributed by atoms with Crippen LogP contribution in [0.2, 0.25) is 5.02 Å². The summed E-state index contributed by atoms with van der Waals surface area (Å²) in [4.78, 5) is 29.1. The van der Waals surface area contributed by atoms with Gasteiger partial charge in [-0.2, -0.15) is 0 Å². The maximum absolute atomic E-state index is 14.3. The Labute approximate surface area is 265 Å². The van der Waals surface area contributed by atoms with Crippen molar-refractivity contribution in [2.24, 2.45) is 0 Å². The van der Waals surface area contributed by atoms with Crippen molar-refractivity contribution in [1.82, 2.24) is 10.2 Å². The Bertz CT molecular complexity index is 1670. The molecule has 11 heteroatoms. The van der Waals surface area contributed by atoms with Gasteiger partial charge in [0.05, 0.1) is 22.7 Å². The minimum atomic E-state index is -4.23. The molecule has 0 spiro atoms. The van der Waals surface area contributed by atoms with E-state index in [4.69, 9.17) is 16.3 Å². The van der Waals surface area contributed by atoms with Gasteiger partial charge in [-0.3, -0.25) is 13.9 Å². The van der Waals surface area contributed by atoms with Gasteiger partial charge in [-0.05, 0) is 53.6 Å². The number of nitrogens with one attached hydrogen (secondary N) is 1. The maximum atomic E-state index is 14.3. The summed E-state index contributed by atoms with van der Waals surface area (Å²) in [6.07, 6.45) is 0.222. The number of halogens is 2. The average Bonchev–Trinajstić information content (AvgIpc) is 3.02. The fraction of sp³-hybridized carbons (Fsp3) is 0.188. The highest BCUT2D eigenvalue weighted by Crippen LogP contribution is 2.32. The molecule has 43 heavy (non-hydrogen) atoms. The fourth-order valence-corrected chi connectivity index (χ4v) is 6.74. The van der Waals surface area contributed by atoms with Crippen LogP contribution in [0.4, 0.5) is 5.69 Å². The molecule has 0 bridgehead atoms. The Morgan fingerprint density at radius 2 is 1.56 bits per heavy atom. The van der Waals surface area contributed by atoms with Crippen LogP contribution in [0.5, 0.6) is 5.75 Å². The largest absolute Gasteiger partial charge is 0.495 e. The smallest absolute Gasteiger partial charge is 0.264 e. The van der Waals surface area contributed by atoms with Crippen LogP contribution in [0.3, 0.4) is 0 Å². The van der Waals surface area contributed by atoms with E-state index < -0.39 is 28.5 Å². The number of hydrogen-bond donors (Lipinski definition) is 1. The lowest BCUT2D eigenvalue weighted by molar-refractivity contribution is -0.139. The Balaban J connectivity index is 1.80. The summed E-state index contributed by atoms with van der Waals surface area (Å²) >= 11 is 9.86. The fourth-order valence-electron chi connectivity index (χ4n) is 4.61. The third kappa shape index (κ3) is 7.95. The van der Waals surface area contributed by atoms with Crippen LogP contribution in [0.25, 0.3) is 0 Å². The first-order valence-corrected chi connectivity index (χ1v) is 16.0. The summed E-state index contributed by atoms with van der Waals surface area (Å²) in [5.74, 6) is -0.597. The highest BCUT2D eigenvalue weighted by Gasteiger charge is 2.34. The Kier molecular flexibility index (Phi) is 10.8. The summed E-state index contributed by atoms with van der Waals surface area (Å²) in [6.45, 7) is -0.526. The van der Waals surface area contributed by atoms with Gasteiger partial charge in [0.2, 0.25) is 11.8 Å². The van der Waals surface area contributed by atoms with Crippen LogP contribution in [-0.2, 0) is 32.6 Å². The molecule has 0 aliphatic rings. The number of benzene rings is 4.